The Morgan fingerprint density at radius 1 is 1.41 bits per heavy atom. The van der Waals surface area contributed by atoms with Gasteiger partial charge >= 0.3 is 13.8 Å². The van der Waals surface area contributed by atoms with Crippen molar-refractivity contribution < 1.29 is 43.4 Å². The van der Waals surface area contributed by atoms with Gasteiger partial charge in [-0.2, -0.15) is 0 Å². The van der Waals surface area contributed by atoms with Crippen LogP contribution in [-0.2, 0) is 23.4 Å². The van der Waals surface area contributed by atoms with Crippen molar-refractivity contribution in [3.05, 3.63) is 0 Å². The van der Waals surface area contributed by atoms with Crippen LogP contribution in [0.3, 0.4) is 0 Å². The summed E-state index contributed by atoms with van der Waals surface area (Å²) >= 11 is 0. The summed E-state index contributed by atoms with van der Waals surface area (Å²) in [4.78, 5) is 27.5. The van der Waals surface area contributed by atoms with Crippen LogP contribution in [0.1, 0.15) is 6.92 Å². The van der Waals surface area contributed by atoms with Crippen LogP contribution in [0.25, 0.3) is 0 Å². The largest absolute Gasteiger partial charge is 0.469 e. The van der Waals surface area contributed by atoms with Crippen molar-refractivity contribution in [3.8, 4) is 0 Å². The molecule has 0 radical (unpaired) electrons. The van der Waals surface area contributed by atoms with Gasteiger partial charge in [-0.25, -0.2) is 4.57 Å². The molecule has 0 aromatic carbocycles. The van der Waals surface area contributed by atoms with Gasteiger partial charge in [0.05, 0.1) is 6.61 Å². The smallest absolute Gasteiger partial charge is 0.454 e. The maximum atomic E-state index is 10.7. The van der Waals surface area contributed by atoms with Gasteiger partial charge in [0.1, 0.15) is 12.2 Å². The number of carbonyl (C=O) groups excluding carboxylic acids is 1. The highest BCUT2D eigenvalue weighted by Gasteiger charge is 2.45. The number of phosphoric ester groups is 1. The number of esters is 1. The average Bonchev–Trinajstić information content (AvgIpc) is 2.41. The molecule has 0 spiro atoms. The number of rotatable bonds is 4. The Balaban J connectivity index is 2.55. The summed E-state index contributed by atoms with van der Waals surface area (Å²) in [6, 6.07) is 0. The lowest BCUT2D eigenvalue weighted by molar-refractivity contribution is -0.170. The predicted octanol–water partition coefficient (Wildman–Crippen LogP) is -1.89. The highest BCUT2D eigenvalue weighted by molar-refractivity contribution is 7.46. The van der Waals surface area contributed by atoms with Crippen LogP contribution in [0.15, 0.2) is 0 Å². The lowest BCUT2D eigenvalue weighted by atomic mass is 10.1. The highest BCUT2D eigenvalue weighted by Crippen LogP contribution is 2.37. The Kier molecular flexibility index (Phi) is 4.62. The molecule has 4 N–H and O–H groups in total. The summed E-state index contributed by atoms with van der Waals surface area (Å²) in [7, 11) is -4.69. The number of hydrogen-bond acceptors (Lipinski definition) is 7. The molecule has 0 aromatic rings. The molecule has 4 atom stereocenters. The van der Waals surface area contributed by atoms with Crippen molar-refractivity contribution >= 4 is 13.8 Å². The second-order valence-corrected chi connectivity index (χ2v) is 4.66. The first-order valence-electron chi connectivity index (χ1n) is 4.59. The fourth-order valence-electron chi connectivity index (χ4n) is 1.35. The number of aliphatic hydroxyl groups excluding tert-OH is 2. The summed E-state index contributed by atoms with van der Waals surface area (Å²) in [6.45, 7) is 0.444. The summed E-state index contributed by atoms with van der Waals surface area (Å²) < 4.78 is 23.9. The van der Waals surface area contributed by atoms with Crippen molar-refractivity contribution in [1.82, 2.24) is 0 Å². The van der Waals surface area contributed by atoms with Crippen LogP contribution in [-0.4, -0.2) is 57.2 Å². The summed E-state index contributed by atoms with van der Waals surface area (Å²) in [5.41, 5.74) is 0. The number of aliphatic hydroxyl groups is 2. The van der Waals surface area contributed by atoms with Crippen molar-refractivity contribution in [3.63, 3.8) is 0 Å². The zero-order valence-corrected chi connectivity index (χ0v) is 9.69. The first-order valence-corrected chi connectivity index (χ1v) is 6.12. The van der Waals surface area contributed by atoms with E-state index in [4.69, 9.17) is 14.5 Å². The molecule has 9 nitrogen and oxygen atoms in total. The molecule has 0 bridgehead atoms. The maximum absolute atomic E-state index is 10.7. The number of carbonyl (C=O) groups is 1. The Bertz CT molecular complexity index is 325. The van der Waals surface area contributed by atoms with E-state index in [1.807, 2.05) is 0 Å². The number of ether oxygens (including phenoxy) is 2. The molecule has 0 aliphatic carbocycles. The highest BCUT2D eigenvalue weighted by atomic mass is 31.2. The van der Waals surface area contributed by atoms with E-state index in [0.29, 0.717) is 0 Å². The van der Waals surface area contributed by atoms with Gasteiger partial charge in [-0.3, -0.25) is 9.32 Å². The minimum Gasteiger partial charge on any atom is -0.454 e. The Labute approximate surface area is 96.2 Å². The second kappa shape index (κ2) is 5.40. The van der Waals surface area contributed by atoms with Gasteiger partial charge in [-0.1, -0.05) is 0 Å². The fourth-order valence-corrected chi connectivity index (χ4v) is 1.69. The van der Waals surface area contributed by atoms with E-state index in [2.05, 4.69) is 9.26 Å². The van der Waals surface area contributed by atoms with Crippen molar-refractivity contribution in [2.24, 2.45) is 0 Å². The number of hydrogen-bond donors (Lipinski definition) is 4. The van der Waals surface area contributed by atoms with Gasteiger partial charge in [0.25, 0.3) is 0 Å². The molecule has 1 aliphatic heterocycles. The third-order valence-electron chi connectivity index (χ3n) is 2.02. The molecular formula is C7H13O9P. The summed E-state index contributed by atoms with van der Waals surface area (Å²) in [5, 5.41) is 18.9. The van der Waals surface area contributed by atoms with E-state index in [1.165, 1.54) is 0 Å². The molecule has 1 saturated heterocycles. The zero-order chi connectivity index (χ0) is 13.2. The topological polar surface area (TPSA) is 143 Å². The van der Waals surface area contributed by atoms with Crippen LogP contribution in [0.5, 0.6) is 0 Å². The van der Waals surface area contributed by atoms with Crippen LogP contribution in [0.4, 0.5) is 0 Å². The third-order valence-corrected chi connectivity index (χ3v) is 2.51. The van der Waals surface area contributed by atoms with Crippen LogP contribution in [0, 0.1) is 0 Å². The Morgan fingerprint density at radius 3 is 2.47 bits per heavy atom. The quantitative estimate of drug-likeness (QED) is 0.341. The van der Waals surface area contributed by atoms with Crippen molar-refractivity contribution in [2.75, 3.05) is 6.61 Å². The van der Waals surface area contributed by atoms with Crippen LogP contribution in [0.2, 0.25) is 0 Å². The molecule has 1 aliphatic rings. The second-order valence-electron chi connectivity index (χ2n) is 3.42. The van der Waals surface area contributed by atoms with E-state index < -0.39 is 45.0 Å². The first kappa shape index (κ1) is 14.5. The molecule has 1 fully saturated rings. The standard InChI is InChI=1S/C7H13O9P/c1-3(8)15-6-5(9)4(16-7(6)10)2-14-17(11,12)13/h4-7,9-10H,2H2,1H3,(H2,11,12,13)/t4-,5?,6+,7-/m1/s1. The Morgan fingerprint density at radius 2 is 2.00 bits per heavy atom. The van der Waals surface area contributed by atoms with Crippen molar-refractivity contribution in [2.45, 2.75) is 31.5 Å². The molecule has 0 saturated carbocycles. The van der Waals surface area contributed by atoms with E-state index in [9.17, 15) is 19.6 Å². The molecule has 10 heteroatoms. The molecule has 1 rings (SSSR count). The molecule has 1 unspecified atom stereocenters. The van der Waals surface area contributed by atoms with Crippen LogP contribution < -0.4 is 0 Å². The normalized spacial score (nSPS) is 33.7. The summed E-state index contributed by atoms with van der Waals surface area (Å²) in [5.74, 6) is -0.728. The van der Waals surface area contributed by atoms with E-state index >= 15 is 0 Å². The number of phosphoric acid groups is 1. The molecule has 0 aromatic heterocycles. The lowest BCUT2D eigenvalue weighted by Crippen LogP contribution is -2.37. The van der Waals surface area contributed by atoms with Gasteiger partial charge in [0.2, 0.25) is 0 Å². The Hall–Kier alpha value is -0.540. The maximum Gasteiger partial charge on any atom is 0.469 e. The zero-order valence-electron chi connectivity index (χ0n) is 8.79. The monoisotopic (exact) mass is 272 g/mol. The van der Waals surface area contributed by atoms with Gasteiger partial charge in [-0.05, 0) is 0 Å². The molecule has 0 amide bonds. The fraction of sp³-hybridized carbons (Fsp3) is 0.857. The molecule has 17 heavy (non-hydrogen) atoms. The molecular weight excluding hydrogens is 259 g/mol. The van der Waals surface area contributed by atoms with Gasteiger partial charge in [-0.15, -0.1) is 0 Å². The van der Waals surface area contributed by atoms with Crippen LogP contribution >= 0.6 is 7.82 Å². The van der Waals surface area contributed by atoms with E-state index in [-0.39, 0.29) is 0 Å². The van der Waals surface area contributed by atoms with Gasteiger partial charge in [0, 0.05) is 6.92 Å². The van der Waals surface area contributed by atoms with E-state index in [0.717, 1.165) is 6.92 Å². The van der Waals surface area contributed by atoms with Gasteiger partial charge in [0.15, 0.2) is 12.4 Å². The van der Waals surface area contributed by atoms with E-state index in [1.54, 1.807) is 0 Å². The third kappa shape index (κ3) is 4.32. The average molecular weight is 272 g/mol. The summed E-state index contributed by atoms with van der Waals surface area (Å²) in [6.07, 6.45) is -5.50. The van der Waals surface area contributed by atoms with Gasteiger partial charge < -0.3 is 29.5 Å². The predicted molar refractivity (Wildman–Crippen MR) is 50.4 cm³/mol. The minimum absolute atomic E-state index is 0.639. The molecule has 100 valence electrons. The minimum atomic E-state index is -4.69. The first-order chi connectivity index (χ1) is 7.70. The lowest BCUT2D eigenvalue weighted by Gasteiger charge is -2.17. The SMILES string of the molecule is CC(=O)O[C@H]1C(O)[C@@H](COP(=O)(O)O)O[C@H]1O. The molecule has 1 heterocycles. The van der Waals surface area contributed by atoms with Crippen molar-refractivity contribution in [1.29, 1.82) is 0 Å².